The van der Waals surface area contributed by atoms with Crippen LogP contribution < -0.4 is 4.98 Å². The third-order valence-corrected chi connectivity index (χ3v) is 1.87. The standard InChI is InChI=1S/C7H7Cl2N/c8-4-6-2-1-3-10-7(6)5-9/h1-3H,4-5H2/p+1. The highest BCUT2D eigenvalue weighted by Gasteiger charge is 2.04. The average Bonchev–Trinajstić information content (AvgIpc) is 2.04. The van der Waals surface area contributed by atoms with E-state index in [-0.39, 0.29) is 0 Å². The van der Waals surface area contributed by atoms with Crippen LogP contribution >= 0.6 is 23.2 Å². The fourth-order valence-electron chi connectivity index (χ4n) is 0.756. The number of aromatic amines is 1. The molecule has 1 N–H and O–H groups in total. The molecule has 0 unspecified atom stereocenters. The zero-order valence-corrected chi connectivity index (χ0v) is 6.91. The van der Waals surface area contributed by atoms with Crippen molar-refractivity contribution in [3.8, 4) is 0 Å². The van der Waals surface area contributed by atoms with Crippen LogP contribution in [0.1, 0.15) is 11.3 Å². The molecule has 10 heavy (non-hydrogen) atoms. The predicted octanol–water partition coefficient (Wildman–Crippen LogP) is 1.98. The van der Waals surface area contributed by atoms with Crippen molar-refractivity contribution in [1.29, 1.82) is 0 Å². The van der Waals surface area contributed by atoms with Crippen LogP contribution in [0.4, 0.5) is 0 Å². The predicted molar refractivity (Wildman–Crippen MR) is 42.1 cm³/mol. The van der Waals surface area contributed by atoms with Crippen molar-refractivity contribution in [3.05, 3.63) is 29.6 Å². The summed E-state index contributed by atoms with van der Waals surface area (Å²) in [5.74, 6) is 1.00. The maximum atomic E-state index is 5.63. The van der Waals surface area contributed by atoms with Crippen LogP contribution in [0.3, 0.4) is 0 Å². The summed E-state index contributed by atoms with van der Waals surface area (Å²) in [6.45, 7) is 0. The molecule has 0 aromatic carbocycles. The molecular formula is C7H8Cl2N+. The maximum absolute atomic E-state index is 5.63. The van der Waals surface area contributed by atoms with Crippen LogP contribution in [0.25, 0.3) is 0 Å². The van der Waals surface area contributed by atoms with Crippen molar-refractivity contribution in [2.75, 3.05) is 0 Å². The highest BCUT2D eigenvalue weighted by molar-refractivity contribution is 6.18. The summed E-state index contributed by atoms with van der Waals surface area (Å²) in [6, 6.07) is 3.87. The second-order valence-corrected chi connectivity index (χ2v) is 2.48. The van der Waals surface area contributed by atoms with Crippen molar-refractivity contribution < 1.29 is 4.98 Å². The lowest BCUT2D eigenvalue weighted by Crippen LogP contribution is -2.10. The molecule has 54 valence electrons. The number of pyridine rings is 1. The maximum Gasteiger partial charge on any atom is 0.198 e. The van der Waals surface area contributed by atoms with E-state index in [1.165, 1.54) is 0 Å². The van der Waals surface area contributed by atoms with Crippen LogP contribution in [0.15, 0.2) is 18.3 Å². The van der Waals surface area contributed by atoms with Gasteiger partial charge in [0.15, 0.2) is 11.9 Å². The fraction of sp³-hybridized carbons (Fsp3) is 0.286. The molecule has 0 saturated heterocycles. The molecule has 0 aliphatic rings. The van der Waals surface area contributed by atoms with Gasteiger partial charge in [-0.3, -0.25) is 0 Å². The quantitative estimate of drug-likeness (QED) is 0.613. The minimum absolute atomic E-state index is 0.489. The van der Waals surface area contributed by atoms with E-state index in [0.717, 1.165) is 11.3 Å². The van der Waals surface area contributed by atoms with Crippen LogP contribution in [0, 0.1) is 0 Å². The van der Waals surface area contributed by atoms with E-state index in [1.54, 1.807) is 0 Å². The molecule has 0 aliphatic heterocycles. The molecule has 0 fully saturated rings. The minimum atomic E-state index is 0.489. The topological polar surface area (TPSA) is 14.1 Å². The molecule has 0 radical (unpaired) electrons. The lowest BCUT2D eigenvalue weighted by molar-refractivity contribution is -0.389. The van der Waals surface area contributed by atoms with Gasteiger partial charge >= 0.3 is 0 Å². The summed E-state index contributed by atoms with van der Waals surface area (Å²) in [5, 5.41) is 0. The third kappa shape index (κ3) is 1.61. The molecule has 0 saturated carbocycles. The summed E-state index contributed by atoms with van der Waals surface area (Å²) in [5.41, 5.74) is 2.07. The van der Waals surface area contributed by atoms with E-state index in [4.69, 9.17) is 23.2 Å². The third-order valence-electron chi connectivity index (χ3n) is 1.32. The molecule has 1 heterocycles. The van der Waals surface area contributed by atoms with E-state index >= 15 is 0 Å². The van der Waals surface area contributed by atoms with Crippen molar-refractivity contribution in [1.82, 2.24) is 0 Å². The van der Waals surface area contributed by atoms with Gasteiger partial charge in [0, 0.05) is 11.6 Å². The molecular weight excluding hydrogens is 169 g/mol. The van der Waals surface area contributed by atoms with Gasteiger partial charge in [0.25, 0.3) is 0 Å². The van der Waals surface area contributed by atoms with E-state index in [1.807, 2.05) is 18.3 Å². The molecule has 1 aromatic rings. The Hall–Kier alpha value is -0.270. The van der Waals surface area contributed by atoms with Gasteiger partial charge in [-0.15, -0.1) is 23.2 Å². The number of rotatable bonds is 2. The Morgan fingerprint density at radius 3 is 2.60 bits per heavy atom. The normalized spacial score (nSPS) is 9.80. The molecule has 0 spiro atoms. The SMILES string of the molecule is ClCc1ccc[nH+]c1CCl. The lowest BCUT2D eigenvalue weighted by atomic mass is 10.2. The highest BCUT2D eigenvalue weighted by Crippen LogP contribution is 2.07. The first-order valence-corrected chi connectivity index (χ1v) is 4.05. The Labute approximate surface area is 70.0 Å². The summed E-state index contributed by atoms with van der Waals surface area (Å²) in [6.07, 6.45) is 1.84. The van der Waals surface area contributed by atoms with Gasteiger partial charge in [-0.05, 0) is 6.07 Å². The van der Waals surface area contributed by atoms with Crippen molar-refractivity contribution >= 4 is 23.2 Å². The molecule has 1 nitrogen and oxygen atoms in total. The number of hydrogen-bond donors (Lipinski definition) is 0. The Bertz CT molecular complexity index is 190. The Morgan fingerprint density at radius 1 is 1.30 bits per heavy atom. The number of alkyl halides is 2. The first kappa shape index (κ1) is 7.83. The fourth-order valence-corrected chi connectivity index (χ4v) is 1.26. The Balaban J connectivity index is 2.96. The van der Waals surface area contributed by atoms with E-state index in [0.29, 0.717) is 11.8 Å². The second-order valence-electron chi connectivity index (χ2n) is 1.94. The van der Waals surface area contributed by atoms with Crippen LogP contribution in [-0.4, -0.2) is 0 Å². The first-order valence-electron chi connectivity index (χ1n) is 2.99. The van der Waals surface area contributed by atoms with E-state index < -0.39 is 0 Å². The summed E-state index contributed by atoms with van der Waals surface area (Å²) in [7, 11) is 0. The second kappa shape index (κ2) is 3.79. The number of H-pyrrole nitrogens is 1. The molecule has 0 aliphatic carbocycles. The average molecular weight is 177 g/mol. The Kier molecular flexibility index (Phi) is 2.97. The van der Waals surface area contributed by atoms with Gasteiger partial charge in [0.1, 0.15) is 5.88 Å². The van der Waals surface area contributed by atoms with Crippen LogP contribution in [0.5, 0.6) is 0 Å². The molecule has 1 rings (SSSR count). The van der Waals surface area contributed by atoms with Crippen LogP contribution in [0.2, 0.25) is 0 Å². The molecule has 3 heteroatoms. The van der Waals surface area contributed by atoms with Gasteiger partial charge < -0.3 is 0 Å². The minimum Gasteiger partial charge on any atom is -0.214 e. The number of nitrogens with one attached hydrogen (secondary N) is 1. The largest absolute Gasteiger partial charge is 0.214 e. The van der Waals surface area contributed by atoms with Gasteiger partial charge in [-0.25, -0.2) is 4.98 Å². The van der Waals surface area contributed by atoms with Gasteiger partial charge in [0.2, 0.25) is 0 Å². The van der Waals surface area contributed by atoms with E-state index in [2.05, 4.69) is 4.98 Å². The van der Waals surface area contributed by atoms with Crippen LogP contribution in [-0.2, 0) is 11.8 Å². The van der Waals surface area contributed by atoms with Crippen molar-refractivity contribution in [3.63, 3.8) is 0 Å². The van der Waals surface area contributed by atoms with Crippen molar-refractivity contribution in [2.45, 2.75) is 11.8 Å². The number of aromatic nitrogens is 1. The zero-order valence-electron chi connectivity index (χ0n) is 5.40. The van der Waals surface area contributed by atoms with Gasteiger partial charge in [-0.2, -0.15) is 0 Å². The Morgan fingerprint density at radius 2 is 2.10 bits per heavy atom. The van der Waals surface area contributed by atoms with Gasteiger partial charge in [-0.1, -0.05) is 0 Å². The van der Waals surface area contributed by atoms with Crippen molar-refractivity contribution in [2.24, 2.45) is 0 Å². The number of hydrogen-bond acceptors (Lipinski definition) is 0. The molecule has 0 atom stereocenters. The lowest BCUT2D eigenvalue weighted by Gasteiger charge is -1.93. The summed E-state index contributed by atoms with van der Waals surface area (Å²) in [4.78, 5) is 3.02. The smallest absolute Gasteiger partial charge is 0.198 e. The molecule has 0 amide bonds. The summed E-state index contributed by atoms with van der Waals surface area (Å²) < 4.78 is 0. The molecule has 0 bridgehead atoms. The van der Waals surface area contributed by atoms with E-state index in [9.17, 15) is 0 Å². The van der Waals surface area contributed by atoms with Gasteiger partial charge in [0.05, 0.1) is 5.88 Å². The highest BCUT2D eigenvalue weighted by atomic mass is 35.5. The monoisotopic (exact) mass is 176 g/mol. The summed E-state index contributed by atoms with van der Waals surface area (Å²) >= 11 is 11.3. The zero-order chi connectivity index (χ0) is 7.40. The first-order chi connectivity index (χ1) is 4.88. The number of halogens is 2. The molecule has 1 aromatic heterocycles.